The van der Waals surface area contributed by atoms with Gasteiger partial charge in [-0.2, -0.15) is 0 Å². The van der Waals surface area contributed by atoms with E-state index in [2.05, 4.69) is 5.32 Å². The molecule has 4 rings (SSSR count). The van der Waals surface area contributed by atoms with E-state index < -0.39 is 17.2 Å². The van der Waals surface area contributed by atoms with Crippen LogP contribution in [0.3, 0.4) is 0 Å². The lowest BCUT2D eigenvalue weighted by atomic mass is 9.59. The monoisotopic (exact) mass is 477 g/mol. The molecule has 2 N–H and O–H groups in total. The zero-order valence-corrected chi connectivity index (χ0v) is 19.7. The number of fused-ring (bicyclic) bond motifs is 2. The number of carbonyl (C=O) groups is 1. The van der Waals surface area contributed by atoms with Crippen molar-refractivity contribution in [3.63, 3.8) is 0 Å². The average Bonchev–Trinajstić information content (AvgIpc) is 3.07. The number of aliphatic hydroxyl groups is 1. The van der Waals surface area contributed by atoms with Crippen molar-refractivity contribution in [2.24, 2.45) is 11.8 Å². The third-order valence-electron chi connectivity index (χ3n) is 7.71. The molecule has 0 radical (unpaired) electrons. The first-order chi connectivity index (χ1) is 15.7. The van der Waals surface area contributed by atoms with Gasteiger partial charge in [0, 0.05) is 17.3 Å². The van der Waals surface area contributed by atoms with Crippen molar-refractivity contribution in [2.75, 3.05) is 19.0 Å². The summed E-state index contributed by atoms with van der Waals surface area (Å²) in [5.74, 6) is -1.81. The molecule has 0 aromatic heterocycles. The van der Waals surface area contributed by atoms with Crippen LogP contribution < -0.4 is 5.32 Å². The van der Waals surface area contributed by atoms with Gasteiger partial charge in [0.1, 0.15) is 5.54 Å². The van der Waals surface area contributed by atoms with E-state index in [0.29, 0.717) is 37.1 Å². The van der Waals surface area contributed by atoms with Crippen molar-refractivity contribution in [1.82, 2.24) is 0 Å². The molecule has 1 unspecified atom stereocenters. The zero-order valence-electron chi connectivity index (χ0n) is 19.0. The Labute approximate surface area is 198 Å². The molecule has 2 atom stereocenters. The highest BCUT2D eigenvalue weighted by Crippen LogP contribution is 2.56. The van der Waals surface area contributed by atoms with Crippen molar-refractivity contribution in [3.8, 4) is 0 Å². The first-order valence-corrected chi connectivity index (χ1v) is 11.8. The number of benzene rings is 2. The van der Waals surface area contributed by atoms with Crippen molar-refractivity contribution >= 4 is 23.3 Å². The number of anilines is 1. The van der Waals surface area contributed by atoms with Crippen LogP contribution in [0.2, 0.25) is 5.02 Å². The summed E-state index contributed by atoms with van der Waals surface area (Å²) in [5, 5.41) is 13.6. The number of hydrogen-bond acceptors (Lipinski definition) is 4. The smallest absolute Gasteiger partial charge is 0.331 e. The lowest BCUT2D eigenvalue weighted by molar-refractivity contribution is -0.148. The largest absolute Gasteiger partial charge is 0.467 e. The minimum atomic E-state index is -0.931. The van der Waals surface area contributed by atoms with Crippen molar-refractivity contribution in [1.29, 1.82) is 0 Å². The maximum absolute atomic E-state index is 14.3. The lowest BCUT2D eigenvalue weighted by Crippen LogP contribution is -2.53. The van der Waals surface area contributed by atoms with Gasteiger partial charge in [-0.25, -0.2) is 13.6 Å². The minimum absolute atomic E-state index is 0.0636. The number of ether oxygens (including phenoxy) is 1. The van der Waals surface area contributed by atoms with Crippen LogP contribution in [0.5, 0.6) is 0 Å². The average molecular weight is 478 g/mol. The van der Waals surface area contributed by atoms with E-state index in [4.69, 9.17) is 16.3 Å². The number of rotatable bonds is 6. The van der Waals surface area contributed by atoms with Crippen LogP contribution in [-0.4, -0.2) is 30.3 Å². The highest BCUT2D eigenvalue weighted by Gasteiger charge is 2.54. The molecule has 2 aliphatic carbocycles. The Hall–Kier alpha value is -2.18. The number of hydrogen-bond donors (Lipinski definition) is 2. The van der Waals surface area contributed by atoms with Crippen LogP contribution in [-0.2, 0) is 21.4 Å². The Balaban J connectivity index is 1.68. The third-order valence-corrected chi connectivity index (χ3v) is 7.94. The Morgan fingerprint density at radius 2 is 1.91 bits per heavy atom. The Kier molecular flexibility index (Phi) is 6.70. The summed E-state index contributed by atoms with van der Waals surface area (Å²) in [7, 11) is 1.38. The molecular formula is C26H30ClF2NO3. The van der Waals surface area contributed by atoms with Crippen LogP contribution in [0.15, 0.2) is 36.4 Å². The molecule has 7 heteroatoms. The molecule has 2 aromatic carbocycles. The van der Waals surface area contributed by atoms with Gasteiger partial charge in [0.25, 0.3) is 0 Å². The molecule has 1 saturated carbocycles. The fraction of sp³-hybridized carbons (Fsp3) is 0.500. The van der Waals surface area contributed by atoms with Crippen molar-refractivity contribution in [2.45, 2.75) is 56.4 Å². The first kappa shape index (κ1) is 24.0. The zero-order chi connectivity index (χ0) is 23.8. The highest BCUT2D eigenvalue weighted by atomic mass is 35.5. The molecule has 0 saturated heterocycles. The fourth-order valence-electron chi connectivity index (χ4n) is 5.99. The quantitative estimate of drug-likeness (QED) is 0.528. The van der Waals surface area contributed by atoms with E-state index in [9.17, 15) is 18.7 Å². The molecule has 0 heterocycles. The topological polar surface area (TPSA) is 58.6 Å². The van der Waals surface area contributed by atoms with Gasteiger partial charge in [0.05, 0.1) is 7.11 Å². The van der Waals surface area contributed by atoms with Crippen LogP contribution in [0.25, 0.3) is 0 Å². The van der Waals surface area contributed by atoms with Crippen LogP contribution in [0.1, 0.15) is 50.2 Å². The summed E-state index contributed by atoms with van der Waals surface area (Å²) in [4.78, 5) is 13.0. The number of methoxy groups -OCH3 is 1. The second-order valence-corrected chi connectivity index (χ2v) is 10.1. The number of halogens is 3. The molecule has 0 aliphatic heterocycles. The van der Waals surface area contributed by atoms with E-state index in [1.165, 1.54) is 19.2 Å². The van der Waals surface area contributed by atoms with Gasteiger partial charge in [-0.15, -0.1) is 0 Å². The van der Waals surface area contributed by atoms with Crippen LogP contribution >= 0.6 is 11.6 Å². The molecule has 4 nitrogen and oxygen atoms in total. The number of esters is 1. The maximum Gasteiger partial charge on any atom is 0.331 e. The van der Waals surface area contributed by atoms with Gasteiger partial charge >= 0.3 is 5.97 Å². The third kappa shape index (κ3) is 4.35. The maximum atomic E-state index is 14.3. The van der Waals surface area contributed by atoms with E-state index >= 15 is 0 Å². The Morgan fingerprint density at radius 1 is 1.21 bits per heavy atom. The summed E-state index contributed by atoms with van der Waals surface area (Å²) in [6, 6.07) is 9.88. The van der Waals surface area contributed by atoms with Gasteiger partial charge in [-0.1, -0.05) is 24.6 Å². The second kappa shape index (κ2) is 9.22. The molecule has 0 amide bonds. The summed E-state index contributed by atoms with van der Waals surface area (Å²) in [6.07, 6.45) is 3.60. The fourth-order valence-corrected chi connectivity index (χ4v) is 6.18. The highest BCUT2D eigenvalue weighted by molar-refractivity contribution is 6.30. The number of carbonyl (C=O) groups excluding carboxylic acids is 1. The number of aliphatic hydroxyl groups excluding tert-OH is 1. The first-order valence-electron chi connectivity index (χ1n) is 11.4. The standard InChI is InChI=1S/C26H30ClF2NO3/c1-16(15-31)10-18-11-17-12-22(28)23(29)14-21(17)25(18)6-8-26(9-7-25,24(32)33-2)30-20-5-3-4-19(27)13-20/h3-5,12-14,16,18,30-31H,6-11,15H2,1-2H3/t16-,18?,25?,26?/m1/s1. The molecule has 2 aliphatic rings. The van der Waals surface area contributed by atoms with Gasteiger partial charge in [-0.05, 0) is 97.2 Å². The normalized spacial score (nSPS) is 27.3. The van der Waals surface area contributed by atoms with E-state index in [-0.39, 0.29) is 29.8 Å². The summed E-state index contributed by atoms with van der Waals surface area (Å²) in [6.45, 7) is 2.05. The lowest BCUT2D eigenvalue weighted by Gasteiger charge is -2.47. The van der Waals surface area contributed by atoms with Gasteiger partial charge in [0.15, 0.2) is 11.6 Å². The molecule has 2 aromatic rings. The summed E-state index contributed by atoms with van der Waals surface area (Å²) >= 11 is 6.14. The predicted octanol–water partition coefficient (Wildman–Crippen LogP) is 5.64. The van der Waals surface area contributed by atoms with Gasteiger partial charge in [-0.3, -0.25) is 0 Å². The molecule has 33 heavy (non-hydrogen) atoms. The van der Waals surface area contributed by atoms with Crippen molar-refractivity contribution < 1.29 is 23.4 Å². The van der Waals surface area contributed by atoms with Gasteiger partial charge in [0.2, 0.25) is 0 Å². The minimum Gasteiger partial charge on any atom is -0.467 e. The van der Waals surface area contributed by atoms with Crippen molar-refractivity contribution in [3.05, 3.63) is 64.2 Å². The van der Waals surface area contributed by atoms with E-state index in [0.717, 1.165) is 23.2 Å². The Morgan fingerprint density at radius 3 is 2.55 bits per heavy atom. The molecule has 0 bridgehead atoms. The summed E-state index contributed by atoms with van der Waals surface area (Å²) in [5.41, 5.74) is 1.10. The van der Waals surface area contributed by atoms with E-state index in [1.54, 1.807) is 12.1 Å². The van der Waals surface area contributed by atoms with E-state index in [1.807, 2.05) is 19.1 Å². The second-order valence-electron chi connectivity index (χ2n) is 9.71. The SMILES string of the molecule is COC(=O)C1(Nc2cccc(Cl)c2)CCC2(CC1)c1cc(F)c(F)cc1CC2C[C@@H](C)CO. The molecule has 178 valence electrons. The van der Waals surface area contributed by atoms with Gasteiger partial charge < -0.3 is 15.2 Å². The van der Waals surface area contributed by atoms with Crippen LogP contribution in [0.4, 0.5) is 14.5 Å². The Bertz CT molecular complexity index is 1040. The summed E-state index contributed by atoms with van der Waals surface area (Å²) < 4.78 is 33.5. The number of nitrogens with one attached hydrogen (secondary N) is 1. The molecule has 1 spiro atoms. The molecule has 1 fully saturated rings. The predicted molar refractivity (Wildman–Crippen MR) is 124 cm³/mol. The van der Waals surface area contributed by atoms with Crippen LogP contribution in [0, 0.1) is 23.5 Å². The molecular weight excluding hydrogens is 448 g/mol.